The van der Waals surface area contributed by atoms with Crippen molar-refractivity contribution in [1.29, 1.82) is 0 Å². The lowest BCUT2D eigenvalue weighted by atomic mass is 10.2. The summed E-state index contributed by atoms with van der Waals surface area (Å²) in [5, 5.41) is 12.0. The van der Waals surface area contributed by atoms with Crippen LogP contribution in [-0.4, -0.2) is 33.5 Å². The lowest BCUT2D eigenvalue weighted by Crippen LogP contribution is -2.18. The quantitative estimate of drug-likeness (QED) is 0.530. The second-order valence-corrected chi connectivity index (χ2v) is 6.16. The maximum atomic E-state index is 10.1. The maximum absolute atomic E-state index is 10.1. The molecule has 0 fully saturated rings. The summed E-state index contributed by atoms with van der Waals surface area (Å²) in [7, 11) is 0. The smallest absolute Gasteiger partial charge is 0.129 e. The summed E-state index contributed by atoms with van der Waals surface area (Å²) < 4.78 is 10.6. The van der Waals surface area contributed by atoms with Crippen LogP contribution < -0.4 is 0 Å². The molecule has 1 aromatic carbocycles. The van der Waals surface area contributed by atoms with Crippen LogP contribution in [-0.2, 0) is 11.3 Å². The van der Waals surface area contributed by atoms with Crippen LogP contribution in [0.25, 0.3) is 10.9 Å². The van der Waals surface area contributed by atoms with E-state index in [4.69, 9.17) is 9.15 Å². The van der Waals surface area contributed by atoms with Gasteiger partial charge in [0, 0.05) is 11.1 Å². The molecule has 0 saturated carbocycles. The summed E-state index contributed by atoms with van der Waals surface area (Å²) >= 11 is 1.52. The van der Waals surface area contributed by atoms with E-state index in [0.29, 0.717) is 12.4 Å². The van der Waals surface area contributed by atoms with Gasteiger partial charge in [-0.3, -0.25) is 0 Å². The van der Waals surface area contributed by atoms with Crippen molar-refractivity contribution in [3.8, 4) is 0 Å². The molecule has 3 rings (SSSR count). The van der Waals surface area contributed by atoms with Crippen molar-refractivity contribution in [3.05, 3.63) is 54.2 Å². The van der Waals surface area contributed by atoms with Gasteiger partial charge in [-0.05, 0) is 25.1 Å². The zero-order chi connectivity index (χ0) is 16.1. The van der Waals surface area contributed by atoms with Gasteiger partial charge in [-0.15, -0.1) is 11.8 Å². The van der Waals surface area contributed by atoms with E-state index in [2.05, 4.69) is 9.97 Å². The minimum atomic E-state index is -0.566. The van der Waals surface area contributed by atoms with Crippen molar-refractivity contribution < 1.29 is 14.3 Å². The van der Waals surface area contributed by atoms with Gasteiger partial charge in [0.25, 0.3) is 0 Å². The van der Waals surface area contributed by atoms with Crippen LogP contribution in [0.4, 0.5) is 0 Å². The van der Waals surface area contributed by atoms with E-state index in [-0.39, 0.29) is 6.61 Å². The normalized spacial score (nSPS) is 12.6. The minimum absolute atomic E-state index is 0.260. The van der Waals surface area contributed by atoms with Crippen molar-refractivity contribution >= 4 is 22.7 Å². The Labute approximate surface area is 138 Å². The number of thioether (sulfide) groups is 1. The molecule has 23 heavy (non-hydrogen) atoms. The minimum Gasteiger partial charge on any atom is -0.467 e. The Kier molecular flexibility index (Phi) is 5.27. The summed E-state index contributed by atoms with van der Waals surface area (Å²) in [6.45, 7) is 2.50. The molecule has 1 unspecified atom stereocenters. The number of para-hydroxylation sites is 1. The molecule has 1 atom stereocenters. The largest absolute Gasteiger partial charge is 0.467 e. The molecule has 2 aromatic heterocycles. The number of aromatic nitrogens is 2. The molecular weight excluding hydrogens is 312 g/mol. The Morgan fingerprint density at radius 2 is 2.09 bits per heavy atom. The number of ether oxygens (including phenoxy) is 1. The van der Waals surface area contributed by atoms with Crippen LogP contribution in [0.2, 0.25) is 0 Å². The Balaban J connectivity index is 1.55. The van der Waals surface area contributed by atoms with Gasteiger partial charge in [0.05, 0.1) is 24.5 Å². The highest BCUT2D eigenvalue weighted by Gasteiger charge is 2.10. The van der Waals surface area contributed by atoms with Gasteiger partial charge < -0.3 is 14.3 Å². The number of fused-ring (bicyclic) bond motifs is 1. The first-order valence-corrected chi connectivity index (χ1v) is 8.35. The topological polar surface area (TPSA) is 68.4 Å². The van der Waals surface area contributed by atoms with E-state index < -0.39 is 6.10 Å². The predicted octanol–water partition coefficient (Wildman–Crippen LogP) is 3.20. The van der Waals surface area contributed by atoms with Gasteiger partial charge in [-0.25, -0.2) is 9.97 Å². The zero-order valence-electron chi connectivity index (χ0n) is 12.8. The van der Waals surface area contributed by atoms with E-state index in [1.807, 2.05) is 43.3 Å². The lowest BCUT2D eigenvalue weighted by molar-refractivity contribution is 0.0328. The number of aryl methyl sites for hydroxylation is 1. The SMILES string of the molecule is Cc1nc(SCC(O)COCc2ccco2)c2ccccc2n1. The molecule has 0 radical (unpaired) electrons. The Morgan fingerprint density at radius 3 is 2.91 bits per heavy atom. The van der Waals surface area contributed by atoms with Crippen molar-refractivity contribution in [2.45, 2.75) is 24.7 Å². The highest BCUT2D eigenvalue weighted by Crippen LogP contribution is 2.25. The van der Waals surface area contributed by atoms with Crippen molar-refractivity contribution in [1.82, 2.24) is 9.97 Å². The molecule has 0 amide bonds. The molecule has 3 aromatic rings. The van der Waals surface area contributed by atoms with Gasteiger partial charge in [0.15, 0.2) is 0 Å². The van der Waals surface area contributed by atoms with E-state index in [1.54, 1.807) is 6.26 Å². The van der Waals surface area contributed by atoms with Gasteiger partial charge in [0.1, 0.15) is 23.2 Å². The summed E-state index contributed by atoms with van der Waals surface area (Å²) in [6.07, 6.45) is 1.04. The lowest BCUT2D eigenvalue weighted by Gasteiger charge is -2.11. The summed E-state index contributed by atoms with van der Waals surface area (Å²) in [5.74, 6) is 2.00. The second kappa shape index (κ2) is 7.59. The van der Waals surface area contributed by atoms with Gasteiger partial charge in [-0.1, -0.05) is 18.2 Å². The van der Waals surface area contributed by atoms with Crippen LogP contribution in [0.3, 0.4) is 0 Å². The molecule has 0 aliphatic heterocycles. The van der Waals surface area contributed by atoms with Crippen molar-refractivity contribution in [3.63, 3.8) is 0 Å². The standard InChI is InChI=1S/C17H18N2O3S/c1-12-18-16-7-3-2-6-15(16)17(19-12)23-11-13(20)9-21-10-14-5-4-8-22-14/h2-8,13,20H,9-11H2,1H3. The number of nitrogens with zero attached hydrogens (tertiary/aromatic N) is 2. The fourth-order valence-corrected chi connectivity index (χ4v) is 3.15. The first-order valence-electron chi connectivity index (χ1n) is 7.37. The summed E-state index contributed by atoms with van der Waals surface area (Å²) in [6, 6.07) is 11.5. The fraction of sp³-hybridized carbons (Fsp3) is 0.294. The van der Waals surface area contributed by atoms with E-state index >= 15 is 0 Å². The molecule has 0 saturated heterocycles. The Hall–Kier alpha value is -1.89. The molecule has 0 bridgehead atoms. The molecule has 1 N–H and O–H groups in total. The van der Waals surface area contributed by atoms with Crippen LogP contribution in [0.5, 0.6) is 0 Å². The number of hydrogen-bond acceptors (Lipinski definition) is 6. The fourth-order valence-electron chi connectivity index (χ4n) is 2.18. The number of aliphatic hydroxyl groups excluding tert-OH is 1. The number of aliphatic hydroxyl groups is 1. The zero-order valence-corrected chi connectivity index (χ0v) is 13.6. The third kappa shape index (κ3) is 4.31. The maximum Gasteiger partial charge on any atom is 0.129 e. The van der Waals surface area contributed by atoms with E-state index in [9.17, 15) is 5.11 Å². The van der Waals surface area contributed by atoms with Crippen molar-refractivity contribution in [2.75, 3.05) is 12.4 Å². The molecule has 6 heteroatoms. The van der Waals surface area contributed by atoms with Gasteiger partial charge in [-0.2, -0.15) is 0 Å². The molecule has 0 aliphatic rings. The molecule has 5 nitrogen and oxygen atoms in total. The van der Waals surface area contributed by atoms with Gasteiger partial charge >= 0.3 is 0 Å². The Morgan fingerprint density at radius 1 is 1.22 bits per heavy atom. The molecular formula is C17H18N2O3S. The van der Waals surface area contributed by atoms with Crippen LogP contribution in [0.15, 0.2) is 52.1 Å². The summed E-state index contributed by atoms with van der Waals surface area (Å²) in [5.41, 5.74) is 0.922. The molecule has 0 spiro atoms. The van der Waals surface area contributed by atoms with E-state index in [0.717, 1.165) is 27.5 Å². The first kappa shape index (κ1) is 16.0. The number of furan rings is 1. The highest BCUT2D eigenvalue weighted by molar-refractivity contribution is 7.99. The third-order valence-electron chi connectivity index (χ3n) is 3.23. The molecule has 120 valence electrons. The Bertz CT molecular complexity index is 762. The number of hydrogen-bond donors (Lipinski definition) is 1. The van der Waals surface area contributed by atoms with Crippen LogP contribution >= 0.6 is 11.8 Å². The predicted molar refractivity (Wildman–Crippen MR) is 89.4 cm³/mol. The monoisotopic (exact) mass is 330 g/mol. The average molecular weight is 330 g/mol. The first-order chi connectivity index (χ1) is 11.2. The van der Waals surface area contributed by atoms with Crippen molar-refractivity contribution in [2.24, 2.45) is 0 Å². The third-order valence-corrected chi connectivity index (χ3v) is 4.36. The number of rotatable bonds is 7. The summed E-state index contributed by atoms with van der Waals surface area (Å²) in [4.78, 5) is 8.90. The molecule has 0 aliphatic carbocycles. The molecule has 2 heterocycles. The highest BCUT2D eigenvalue weighted by atomic mass is 32.2. The van der Waals surface area contributed by atoms with Crippen LogP contribution in [0, 0.1) is 6.92 Å². The van der Waals surface area contributed by atoms with Crippen LogP contribution in [0.1, 0.15) is 11.6 Å². The van der Waals surface area contributed by atoms with Gasteiger partial charge in [0.2, 0.25) is 0 Å². The second-order valence-electron chi connectivity index (χ2n) is 5.15. The van der Waals surface area contributed by atoms with E-state index in [1.165, 1.54) is 11.8 Å². The number of benzene rings is 1. The average Bonchev–Trinajstić information content (AvgIpc) is 3.06.